The Morgan fingerprint density at radius 3 is 1.80 bits per heavy atom. The fourth-order valence-corrected chi connectivity index (χ4v) is 11.4. The molecule has 9 rings (SSSR count). The topological polar surface area (TPSA) is 193 Å². The Balaban J connectivity index is 0.905. The molecule has 5 atom stereocenters. The average molecular weight is 855 g/mol. The largest absolute Gasteiger partial charge is 0.453 e. The third-order valence-electron chi connectivity index (χ3n) is 13.2. The number of alkyl carbamates (subject to hydrolysis) is 2. The van der Waals surface area contributed by atoms with Gasteiger partial charge < -0.3 is 49.3 Å². The number of thiophene rings is 1. The van der Waals surface area contributed by atoms with Crippen LogP contribution < -0.4 is 10.6 Å². The van der Waals surface area contributed by atoms with Crippen LogP contribution in [0.1, 0.15) is 86.2 Å². The molecular weight excluding hydrogens is 801 g/mol. The number of aromatic nitrogens is 4. The van der Waals surface area contributed by atoms with Crippen LogP contribution in [0.3, 0.4) is 0 Å². The number of hydrogen-bond acceptors (Lipinski definition) is 11. The number of nitrogens with zero attached hydrogens (tertiary/aromatic N) is 4. The van der Waals surface area contributed by atoms with E-state index in [0.717, 1.165) is 79.1 Å². The van der Waals surface area contributed by atoms with Crippen molar-refractivity contribution < 1.29 is 38.1 Å². The molecule has 4 fully saturated rings. The van der Waals surface area contributed by atoms with Gasteiger partial charge in [-0.1, -0.05) is 24.3 Å². The SMILES string of the molecule is COC(=O)NC(C(=O)N1CCC[C@H]1c1ncc(-c2ccc(-c3sc(-c4cnc([C@@H]5CCCN5C(=O)C(NC(=O)OC)C5CCOC5)[nH]4)c4c3CCC4)cc2)[nH]1)C1CCOCC1. The number of amides is 4. The molecule has 4 amide bonds. The van der Waals surface area contributed by atoms with E-state index in [0.29, 0.717) is 58.8 Å². The number of imidazole rings is 2. The molecule has 3 unspecified atom stereocenters. The number of hydrogen-bond donors (Lipinski definition) is 4. The Hall–Kier alpha value is -5.26. The molecule has 4 aliphatic heterocycles. The van der Waals surface area contributed by atoms with E-state index in [1.54, 1.807) is 11.3 Å². The summed E-state index contributed by atoms with van der Waals surface area (Å²) in [6, 6.07) is 6.73. The van der Waals surface area contributed by atoms with Crippen molar-refractivity contribution in [1.82, 2.24) is 40.4 Å². The van der Waals surface area contributed by atoms with E-state index in [2.05, 4.69) is 44.9 Å². The van der Waals surface area contributed by atoms with Gasteiger partial charge in [-0.2, -0.15) is 0 Å². The molecule has 4 N–H and O–H groups in total. The second-order valence-electron chi connectivity index (χ2n) is 16.7. The molecule has 4 aromatic rings. The van der Waals surface area contributed by atoms with E-state index in [1.807, 2.05) is 22.2 Å². The molecule has 324 valence electrons. The summed E-state index contributed by atoms with van der Waals surface area (Å²) in [4.78, 5) is 75.5. The van der Waals surface area contributed by atoms with Crippen molar-refractivity contribution >= 4 is 35.3 Å². The van der Waals surface area contributed by atoms with Gasteiger partial charge in [0, 0.05) is 43.7 Å². The normalized spacial score (nSPS) is 22.6. The van der Waals surface area contributed by atoms with E-state index in [4.69, 9.17) is 28.9 Å². The number of ether oxygens (including phenoxy) is 4. The Morgan fingerprint density at radius 1 is 0.689 bits per heavy atom. The molecule has 5 aliphatic rings. The van der Waals surface area contributed by atoms with Crippen LogP contribution in [-0.2, 0) is 41.4 Å². The van der Waals surface area contributed by atoms with Gasteiger partial charge in [-0.25, -0.2) is 19.6 Å². The summed E-state index contributed by atoms with van der Waals surface area (Å²) in [5.41, 5.74) is 6.72. The van der Waals surface area contributed by atoms with Crippen LogP contribution in [0.4, 0.5) is 9.59 Å². The van der Waals surface area contributed by atoms with Gasteiger partial charge in [0.05, 0.1) is 61.6 Å². The van der Waals surface area contributed by atoms with Gasteiger partial charge in [-0.05, 0) is 92.4 Å². The van der Waals surface area contributed by atoms with Crippen LogP contribution in [0.25, 0.3) is 32.3 Å². The minimum Gasteiger partial charge on any atom is -0.453 e. The van der Waals surface area contributed by atoms with Crippen LogP contribution in [0.5, 0.6) is 0 Å². The zero-order valence-corrected chi connectivity index (χ0v) is 35.5. The standard InChI is InChI=1S/C44H54N8O8S/c1-57-43(55)49-35(26-14-19-59-20-15-26)41(53)51-17-4-8-33(51)39-45-22-31(47-39)25-10-12-27(13-11-25)37-29-6-3-7-30(29)38(61-37)32-23-46-40(48-32)34-9-5-18-52(34)42(54)36(50-44(56)58-2)28-16-21-60-24-28/h10-13,22-23,26,28,33-36H,3-9,14-21,24H2,1-2H3,(H,45,47)(H,46,48)(H,49,55)(H,50,56)/t28?,33-,34-,35?,36?/m0/s1. The molecule has 4 saturated heterocycles. The van der Waals surface area contributed by atoms with Crippen molar-refractivity contribution in [1.29, 1.82) is 0 Å². The first-order chi connectivity index (χ1) is 29.8. The highest BCUT2D eigenvalue weighted by Crippen LogP contribution is 2.47. The van der Waals surface area contributed by atoms with E-state index < -0.39 is 24.3 Å². The van der Waals surface area contributed by atoms with Crippen molar-refractivity contribution in [2.75, 3.05) is 53.7 Å². The second-order valence-corrected chi connectivity index (χ2v) is 17.7. The first-order valence-electron chi connectivity index (χ1n) is 21.6. The maximum atomic E-state index is 14.0. The Kier molecular flexibility index (Phi) is 12.1. The lowest BCUT2D eigenvalue weighted by Crippen LogP contribution is -2.53. The van der Waals surface area contributed by atoms with Crippen molar-refractivity contribution in [2.45, 2.75) is 88.4 Å². The third-order valence-corrected chi connectivity index (χ3v) is 14.5. The Bertz CT molecular complexity index is 2220. The van der Waals surface area contributed by atoms with Crippen molar-refractivity contribution in [3.05, 3.63) is 59.4 Å². The molecule has 61 heavy (non-hydrogen) atoms. The molecule has 0 spiro atoms. The summed E-state index contributed by atoms with van der Waals surface area (Å²) < 4.78 is 20.9. The lowest BCUT2D eigenvalue weighted by atomic mass is 9.90. The van der Waals surface area contributed by atoms with Gasteiger partial charge in [0.15, 0.2) is 0 Å². The molecule has 0 saturated carbocycles. The first-order valence-corrected chi connectivity index (χ1v) is 22.4. The number of benzene rings is 1. The van der Waals surface area contributed by atoms with Crippen molar-refractivity contribution in [3.8, 4) is 32.3 Å². The van der Waals surface area contributed by atoms with Crippen LogP contribution >= 0.6 is 11.3 Å². The zero-order valence-electron chi connectivity index (χ0n) is 34.7. The van der Waals surface area contributed by atoms with Crippen molar-refractivity contribution in [3.63, 3.8) is 0 Å². The Labute approximate surface area is 358 Å². The van der Waals surface area contributed by atoms with E-state index in [9.17, 15) is 19.2 Å². The summed E-state index contributed by atoms with van der Waals surface area (Å²) in [6.45, 7) is 3.29. The van der Waals surface area contributed by atoms with Crippen LogP contribution in [0.2, 0.25) is 0 Å². The van der Waals surface area contributed by atoms with Gasteiger partial charge >= 0.3 is 12.2 Å². The van der Waals surface area contributed by atoms with Crippen molar-refractivity contribution in [2.24, 2.45) is 11.8 Å². The number of rotatable bonds is 11. The minimum atomic E-state index is -0.721. The highest BCUT2D eigenvalue weighted by atomic mass is 32.1. The first kappa shape index (κ1) is 41.1. The highest BCUT2D eigenvalue weighted by molar-refractivity contribution is 7.19. The Morgan fingerprint density at radius 2 is 1.21 bits per heavy atom. The quantitative estimate of drug-likeness (QED) is 0.141. The molecular formula is C44H54N8O8S. The minimum absolute atomic E-state index is 0.0280. The molecule has 1 aliphatic carbocycles. The summed E-state index contributed by atoms with van der Waals surface area (Å²) in [6.07, 6.45) is 10.9. The lowest BCUT2D eigenvalue weighted by molar-refractivity contribution is -0.137. The van der Waals surface area contributed by atoms with Crippen LogP contribution in [0, 0.1) is 11.8 Å². The number of aromatic amines is 2. The van der Waals surface area contributed by atoms with E-state index in [-0.39, 0.29) is 35.7 Å². The van der Waals surface area contributed by atoms with Gasteiger partial charge in [-0.15, -0.1) is 11.3 Å². The number of carbonyl (C=O) groups is 4. The number of fused-ring (bicyclic) bond motifs is 1. The third kappa shape index (κ3) is 8.26. The summed E-state index contributed by atoms with van der Waals surface area (Å²) in [5.74, 6) is 1.11. The maximum absolute atomic E-state index is 14.0. The fourth-order valence-electron chi connectivity index (χ4n) is 9.98. The van der Waals surface area contributed by atoms with E-state index >= 15 is 0 Å². The highest BCUT2D eigenvalue weighted by Gasteiger charge is 2.42. The summed E-state index contributed by atoms with van der Waals surface area (Å²) in [7, 11) is 2.62. The maximum Gasteiger partial charge on any atom is 0.407 e. The summed E-state index contributed by atoms with van der Waals surface area (Å²) >= 11 is 1.78. The van der Waals surface area contributed by atoms with E-state index in [1.165, 1.54) is 35.1 Å². The number of likely N-dealkylation sites (tertiary alicyclic amines) is 2. The van der Waals surface area contributed by atoms with Gasteiger partial charge in [-0.3, -0.25) is 9.59 Å². The molecule has 3 aromatic heterocycles. The number of nitrogens with one attached hydrogen (secondary N) is 4. The lowest BCUT2D eigenvalue weighted by Gasteiger charge is -2.34. The van der Waals surface area contributed by atoms with Gasteiger partial charge in [0.2, 0.25) is 11.8 Å². The number of H-pyrrole nitrogens is 2. The predicted molar refractivity (Wildman–Crippen MR) is 225 cm³/mol. The smallest absolute Gasteiger partial charge is 0.407 e. The van der Waals surface area contributed by atoms with Gasteiger partial charge in [0.25, 0.3) is 0 Å². The molecule has 16 nitrogen and oxygen atoms in total. The summed E-state index contributed by atoms with van der Waals surface area (Å²) in [5, 5.41) is 5.61. The molecule has 7 heterocycles. The molecule has 0 bridgehead atoms. The molecule has 1 aromatic carbocycles. The molecule has 17 heteroatoms. The monoisotopic (exact) mass is 854 g/mol. The van der Waals surface area contributed by atoms with Gasteiger partial charge in [0.1, 0.15) is 23.7 Å². The van der Waals surface area contributed by atoms with Crippen LogP contribution in [-0.4, -0.2) is 120 Å². The number of carbonyl (C=O) groups excluding carboxylic acids is 4. The zero-order chi connectivity index (χ0) is 42.0. The number of methoxy groups -OCH3 is 2. The fraction of sp³-hybridized carbons (Fsp3) is 0.545. The average Bonchev–Trinajstić information content (AvgIpc) is 4.14. The second kappa shape index (κ2) is 18.0. The predicted octanol–water partition coefficient (Wildman–Crippen LogP) is 5.92. The van der Waals surface area contributed by atoms with Crippen LogP contribution in [0.15, 0.2) is 36.7 Å². The molecule has 0 radical (unpaired) electrons.